The van der Waals surface area contributed by atoms with Gasteiger partial charge in [0.05, 0.1) is 20.6 Å². The lowest BCUT2D eigenvalue weighted by Crippen LogP contribution is -2.44. The number of hydrogen-bond donors (Lipinski definition) is 0. The van der Waals surface area contributed by atoms with Crippen LogP contribution in [0.2, 0.25) is 0 Å². The topological polar surface area (TPSA) is 50.3 Å². The molecule has 1 fully saturated rings. The smallest absolute Gasteiger partial charge is 0.245 e. The van der Waals surface area contributed by atoms with Crippen LogP contribution in [0, 0.1) is 0 Å². The van der Waals surface area contributed by atoms with Gasteiger partial charge in [-0.15, -0.1) is 11.3 Å². The minimum atomic E-state index is -4.55. The molecule has 0 amide bonds. The van der Waals surface area contributed by atoms with Crippen LogP contribution in [0.1, 0.15) is 12.8 Å². The number of hydrogen-bond acceptors (Lipinski definition) is 4. The monoisotopic (exact) mass is 336 g/mol. The van der Waals surface area contributed by atoms with Crippen molar-refractivity contribution < 1.29 is 21.6 Å². The van der Waals surface area contributed by atoms with E-state index in [0.717, 1.165) is 4.70 Å². The Hall–Kier alpha value is -1.19. The molecule has 1 aromatic carbocycles. The summed E-state index contributed by atoms with van der Waals surface area (Å²) in [7, 11) is -4.16. The van der Waals surface area contributed by atoms with Crippen molar-refractivity contribution in [3.63, 3.8) is 0 Å². The molecule has 0 spiro atoms. The highest BCUT2D eigenvalue weighted by Gasteiger charge is 2.50. The van der Waals surface area contributed by atoms with Crippen molar-refractivity contribution in [1.82, 2.24) is 9.29 Å². The lowest BCUT2D eigenvalue weighted by atomic mass is 10.2. The summed E-state index contributed by atoms with van der Waals surface area (Å²) in [5.74, 6) is 0. The average Bonchev–Trinajstić information content (AvgIpc) is 3.06. The van der Waals surface area contributed by atoms with Gasteiger partial charge in [0.1, 0.15) is 6.04 Å². The predicted molar refractivity (Wildman–Crippen MR) is 72.6 cm³/mol. The highest BCUT2D eigenvalue weighted by molar-refractivity contribution is 7.89. The first-order valence-electron chi connectivity index (χ1n) is 6.22. The van der Waals surface area contributed by atoms with Gasteiger partial charge >= 0.3 is 6.18 Å². The molecule has 1 aromatic heterocycles. The molecule has 1 saturated heterocycles. The van der Waals surface area contributed by atoms with Crippen molar-refractivity contribution in [2.45, 2.75) is 30.0 Å². The van der Waals surface area contributed by atoms with Gasteiger partial charge in [-0.2, -0.15) is 17.5 Å². The summed E-state index contributed by atoms with van der Waals surface area (Å²) >= 11 is 1.34. The highest BCUT2D eigenvalue weighted by atomic mass is 32.2. The third-order valence-electron chi connectivity index (χ3n) is 3.49. The molecular weight excluding hydrogens is 325 g/mol. The molecule has 2 heterocycles. The molecule has 1 aliphatic rings. The first-order valence-corrected chi connectivity index (χ1v) is 8.54. The molecule has 3 rings (SSSR count). The second-order valence-electron chi connectivity index (χ2n) is 4.80. The number of nitrogens with zero attached hydrogens (tertiary/aromatic N) is 2. The van der Waals surface area contributed by atoms with Crippen LogP contribution >= 0.6 is 11.3 Å². The minimum Gasteiger partial charge on any atom is -0.245 e. The lowest BCUT2D eigenvalue weighted by Gasteiger charge is -2.25. The van der Waals surface area contributed by atoms with E-state index in [1.165, 1.54) is 23.5 Å². The quantitative estimate of drug-likeness (QED) is 0.847. The van der Waals surface area contributed by atoms with Crippen molar-refractivity contribution >= 4 is 31.6 Å². The van der Waals surface area contributed by atoms with Crippen LogP contribution in [0.4, 0.5) is 13.2 Å². The van der Waals surface area contributed by atoms with E-state index in [0.29, 0.717) is 9.82 Å². The maximum atomic E-state index is 12.9. The van der Waals surface area contributed by atoms with Gasteiger partial charge in [-0.05, 0) is 31.0 Å². The average molecular weight is 336 g/mol. The molecule has 0 unspecified atom stereocenters. The highest BCUT2D eigenvalue weighted by Crippen LogP contribution is 2.36. The van der Waals surface area contributed by atoms with Crippen LogP contribution in [0.25, 0.3) is 10.2 Å². The molecule has 2 aromatic rings. The normalized spacial score (nSPS) is 21.2. The molecule has 114 valence electrons. The van der Waals surface area contributed by atoms with Crippen LogP contribution in [0.15, 0.2) is 28.6 Å². The Morgan fingerprint density at radius 1 is 1.33 bits per heavy atom. The first-order chi connectivity index (χ1) is 9.80. The summed E-state index contributed by atoms with van der Waals surface area (Å²) in [5, 5.41) is 0. The largest absolute Gasteiger partial charge is 0.405 e. The van der Waals surface area contributed by atoms with Gasteiger partial charge in [-0.25, -0.2) is 13.4 Å². The molecular formula is C12H11F3N2O2S2. The van der Waals surface area contributed by atoms with Gasteiger partial charge in [-0.3, -0.25) is 0 Å². The lowest BCUT2D eigenvalue weighted by molar-refractivity contribution is -0.165. The van der Waals surface area contributed by atoms with Gasteiger partial charge in [-0.1, -0.05) is 0 Å². The maximum absolute atomic E-state index is 12.9. The summed E-state index contributed by atoms with van der Waals surface area (Å²) in [4.78, 5) is 3.86. The number of rotatable bonds is 2. The van der Waals surface area contributed by atoms with Crippen molar-refractivity contribution in [3.05, 3.63) is 23.7 Å². The molecule has 21 heavy (non-hydrogen) atoms. The molecule has 0 saturated carbocycles. The zero-order chi connectivity index (χ0) is 15.3. The van der Waals surface area contributed by atoms with Gasteiger partial charge in [0.15, 0.2) is 0 Å². The standard InChI is InChI=1S/C12H11F3N2O2S2/c13-12(14,15)11-2-1-5-17(11)21(18,19)8-3-4-10-9(6-8)16-7-20-10/h3-4,6-7,11H,1-2,5H2/t11-/m0/s1. The van der Waals surface area contributed by atoms with Gasteiger partial charge in [0.2, 0.25) is 10.0 Å². The van der Waals surface area contributed by atoms with Crippen LogP contribution < -0.4 is 0 Å². The number of thiazole rings is 1. The minimum absolute atomic E-state index is 0.110. The molecule has 0 bridgehead atoms. The zero-order valence-electron chi connectivity index (χ0n) is 10.7. The Balaban J connectivity index is 2.03. The van der Waals surface area contributed by atoms with E-state index in [-0.39, 0.29) is 24.3 Å². The second-order valence-corrected chi connectivity index (χ2v) is 7.57. The summed E-state index contributed by atoms with van der Waals surface area (Å²) in [5.41, 5.74) is 2.04. The Kier molecular flexibility index (Phi) is 3.45. The zero-order valence-corrected chi connectivity index (χ0v) is 12.3. The Labute approximate surface area is 123 Å². The van der Waals surface area contributed by atoms with Crippen LogP contribution in [-0.2, 0) is 10.0 Å². The third kappa shape index (κ3) is 2.53. The van der Waals surface area contributed by atoms with E-state index in [1.807, 2.05) is 0 Å². The van der Waals surface area contributed by atoms with Crippen LogP contribution in [0.3, 0.4) is 0 Å². The van der Waals surface area contributed by atoms with Crippen molar-refractivity contribution in [1.29, 1.82) is 0 Å². The molecule has 0 N–H and O–H groups in total. The van der Waals surface area contributed by atoms with Gasteiger partial charge < -0.3 is 0 Å². The SMILES string of the molecule is O=S(=O)(c1ccc2scnc2c1)N1CCC[C@H]1C(F)(F)F. The van der Waals surface area contributed by atoms with E-state index in [9.17, 15) is 21.6 Å². The molecule has 0 aliphatic carbocycles. The van der Waals surface area contributed by atoms with Gasteiger partial charge in [0.25, 0.3) is 0 Å². The van der Waals surface area contributed by atoms with Gasteiger partial charge in [0, 0.05) is 6.54 Å². The molecule has 1 aliphatic heterocycles. The fraction of sp³-hybridized carbons (Fsp3) is 0.417. The summed E-state index contributed by atoms with van der Waals surface area (Å²) in [6.07, 6.45) is -4.53. The number of sulfonamides is 1. The summed E-state index contributed by atoms with van der Waals surface area (Å²) < 4.78 is 65.1. The van der Waals surface area contributed by atoms with E-state index in [1.54, 1.807) is 11.6 Å². The number of halogens is 3. The number of fused-ring (bicyclic) bond motifs is 1. The summed E-state index contributed by atoms with van der Waals surface area (Å²) in [6.45, 7) is -0.110. The third-order valence-corrected chi connectivity index (χ3v) is 6.20. The van der Waals surface area contributed by atoms with Crippen molar-refractivity contribution in [2.75, 3.05) is 6.54 Å². The van der Waals surface area contributed by atoms with E-state index >= 15 is 0 Å². The first kappa shape index (κ1) is 14.7. The van der Waals surface area contributed by atoms with Crippen LogP contribution in [0.5, 0.6) is 0 Å². The van der Waals surface area contributed by atoms with E-state index in [4.69, 9.17) is 0 Å². The number of aromatic nitrogens is 1. The van der Waals surface area contributed by atoms with Crippen LogP contribution in [-0.4, -0.2) is 36.5 Å². The molecule has 9 heteroatoms. The van der Waals surface area contributed by atoms with Crippen molar-refractivity contribution in [3.8, 4) is 0 Å². The van der Waals surface area contributed by atoms with E-state index in [2.05, 4.69) is 4.98 Å². The predicted octanol–water partition coefficient (Wildman–Crippen LogP) is 3.01. The number of alkyl halides is 3. The number of benzene rings is 1. The summed E-state index contributed by atoms with van der Waals surface area (Å²) in [6, 6.07) is 2.29. The second kappa shape index (κ2) is 4.92. The fourth-order valence-electron chi connectivity index (χ4n) is 2.49. The van der Waals surface area contributed by atoms with E-state index < -0.39 is 22.2 Å². The molecule has 1 atom stereocenters. The maximum Gasteiger partial charge on any atom is 0.405 e. The van der Waals surface area contributed by atoms with Crippen molar-refractivity contribution in [2.24, 2.45) is 0 Å². The Bertz CT molecular complexity index is 770. The Morgan fingerprint density at radius 3 is 2.81 bits per heavy atom. The fourth-order valence-corrected chi connectivity index (χ4v) is 4.85. The molecule has 4 nitrogen and oxygen atoms in total. The molecule has 0 radical (unpaired) electrons. The Morgan fingerprint density at radius 2 is 2.10 bits per heavy atom.